The number of carbonyl (C=O) groups excluding carboxylic acids is 2. The van der Waals surface area contributed by atoms with Crippen LogP contribution in [0.4, 0.5) is 0 Å². The van der Waals surface area contributed by atoms with Crippen LogP contribution in [-0.2, 0) is 22.8 Å². The van der Waals surface area contributed by atoms with Crippen LogP contribution in [-0.4, -0.2) is 30.1 Å². The van der Waals surface area contributed by atoms with Crippen LogP contribution in [0, 0.1) is 0 Å². The van der Waals surface area contributed by atoms with Crippen molar-refractivity contribution in [2.75, 3.05) is 13.7 Å². The molecule has 0 bridgehead atoms. The zero-order chi connectivity index (χ0) is 29.1. The lowest BCUT2D eigenvalue weighted by atomic mass is 9.71. The van der Waals surface area contributed by atoms with Crippen molar-refractivity contribution in [2.45, 2.75) is 64.6 Å². The van der Waals surface area contributed by atoms with E-state index in [1.165, 1.54) is 0 Å². The Morgan fingerprint density at radius 1 is 0.667 bits per heavy atom. The molecular formula is C36H37NO5. The standard InChI is InChI=1S/C36H37NO5/c1-3-40-33-21-25(19-20-32(33)42-22-24-11-5-4-6-12-24)23-41-31-18-8-7-13-26(31)34-35-27(14-9-16-29(35)38)37(2)28-15-10-17-30(39)36(28)34/h4-8,11-13,18-21,34H,3,9-10,14-17,22-23H2,1-2H3. The number of hydrogen-bond donors (Lipinski definition) is 0. The zero-order valence-corrected chi connectivity index (χ0v) is 24.4. The Hall–Kier alpha value is -4.32. The number of ketones is 2. The van der Waals surface area contributed by atoms with Crippen molar-refractivity contribution < 1.29 is 23.8 Å². The predicted octanol–water partition coefficient (Wildman–Crippen LogP) is 7.29. The van der Waals surface area contributed by atoms with Crippen LogP contribution in [0.1, 0.15) is 68.1 Å². The number of benzene rings is 3. The monoisotopic (exact) mass is 563 g/mol. The molecule has 0 saturated heterocycles. The molecule has 3 aromatic carbocycles. The van der Waals surface area contributed by atoms with Crippen molar-refractivity contribution in [3.05, 3.63) is 112 Å². The smallest absolute Gasteiger partial charge is 0.161 e. The van der Waals surface area contributed by atoms with Crippen LogP contribution >= 0.6 is 0 Å². The van der Waals surface area contributed by atoms with Crippen molar-refractivity contribution >= 4 is 11.6 Å². The second-order valence-electron chi connectivity index (χ2n) is 11.1. The van der Waals surface area contributed by atoms with Gasteiger partial charge in [0.25, 0.3) is 0 Å². The van der Waals surface area contributed by atoms with E-state index in [0.29, 0.717) is 49.9 Å². The first-order valence-corrected chi connectivity index (χ1v) is 15.0. The van der Waals surface area contributed by atoms with E-state index in [2.05, 4.69) is 4.90 Å². The van der Waals surface area contributed by atoms with Gasteiger partial charge in [-0.25, -0.2) is 0 Å². The molecule has 0 saturated carbocycles. The molecule has 0 radical (unpaired) electrons. The van der Waals surface area contributed by atoms with Crippen molar-refractivity contribution in [3.8, 4) is 17.2 Å². The molecule has 6 heteroatoms. The minimum Gasteiger partial charge on any atom is -0.490 e. The molecule has 6 nitrogen and oxygen atoms in total. The van der Waals surface area contributed by atoms with Crippen LogP contribution in [0.25, 0.3) is 0 Å². The molecule has 0 N–H and O–H groups in total. The maximum atomic E-state index is 13.4. The average molecular weight is 564 g/mol. The van der Waals surface area contributed by atoms with Gasteiger partial charge < -0.3 is 19.1 Å². The predicted molar refractivity (Wildman–Crippen MR) is 161 cm³/mol. The molecule has 0 unspecified atom stereocenters. The maximum absolute atomic E-state index is 13.4. The molecule has 0 spiro atoms. The van der Waals surface area contributed by atoms with Crippen LogP contribution in [0.2, 0.25) is 0 Å². The summed E-state index contributed by atoms with van der Waals surface area (Å²) in [5.74, 6) is 1.92. The number of nitrogens with zero attached hydrogens (tertiary/aromatic N) is 1. The fourth-order valence-electron chi connectivity index (χ4n) is 6.44. The van der Waals surface area contributed by atoms with Gasteiger partial charge in [0, 0.05) is 53.9 Å². The highest BCUT2D eigenvalue weighted by Gasteiger charge is 2.43. The van der Waals surface area contributed by atoms with Gasteiger partial charge >= 0.3 is 0 Å². The van der Waals surface area contributed by atoms with Crippen molar-refractivity contribution in [2.24, 2.45) is 0 Å². The number of hydrogen-bond acceptors (Lipinski definition) is 6. The second-order valence-corrected chi connectivity index (χ2v) is 11.1. The highest BCUT2D eigenvalue weighted by atomic mass is 16.5. The summed E-state index contributed by atoms with van der Waals surface area (Å²) in [4.78, 5) is 29.0. The third-order valence-electron chi connectivity index (χ3n) is 8.41. The number of rotatable bonds is 9. The summed E-state index contributed by atoms with van der Waals surface area (Å²) in [6.45, 7) is 3.23. The molecule has 0 amide bonds. The van der Waals surface area contributed by atoms with Gasteiger partial charge in [-0.05, 0) is 61.9 Å². The first-order valence-electron chi connectivity index (χ1n) is 15.0. The summed E-state index contributed by atoms with van der Waals surface area (Å²) >= 11 is 0. The van der Waals surface area contributed by atoms with E-state index in [1.54, 1.807) is 0 Å². The Morgan fingerprint density at radius 3 is 1.98 bits per heavy atom. The van der Waals surface area contributed by atoms with E-state index < -0.39 is 5.92 Å². The fraction of sp³-hybridized carbons (Fsp3) is 0.333. The number of carbonyl (C=O) groups is 2. The van der Waals surface area contributed by atoms with Gasteiger partial charge in [-0.15, -0.1) is 0 Å². The normalized spacial score (nSPS) is 17.2. The van der Waals surface area contributed by atoms with Crippen molar-refractivity contribution in [3.63, 3.8) is 0 Å². The zero-order valence-electron chi connectivity index (χ0n) is 24.4. The SMILES string of the molecule is CCOc1cc(COc2ccccc2C2C3=C(CCCC3=O)N(C)C3=C2C(=O)CCC3)ccc1OCc1ccccc1. The van der Waals surface area contributed by atoms with Gasteiger partial charge in [-0.2, -0.15) is 0 Å². The minimum atomic E-state index is -0.393. The van der Waals surface area contributed by atoms with E-state index in [-0.39, 0.29) is 11.6 Å². The number of allylic oxidation sites excluding steroid dienone is 4. The lowest BCUT2D eigenvalue weighted by molar-refractivity contribution is -0.117. The topological polar surface area (TPSA) is 65.1 Å². The number of ether oxygens (including phenoxy) is 3. The molecule has 0 fully saturated rings. The maximum Gasteiger partial charge on any atom is 0.161 e. The van der Waals surface area contributed by atoms with Gasteiger partial charge in [-0.1, -0.05) is 54.6 Å². The number of para-hydroxylation sites is 1. The Balaban J connectivity index is 1.29. The van der Waals surface area contributed by atoms with Crippen molar-refractivity contribution in [1.82, 2.24) is 4.90 Å². The molecule has 0 aromatic heterocycles. The first-order chi connectivity index (χ1) is 20.5. The summed E-state index contributed by atoms with van der Waals surface area (Å²) in [7, 11) is 2.02. The van der Waals surface area contributed by atoms with Crippen LogP contribution in [0.5, 0.6) is 17.2 Å². The Bertz CT molecular complexity index is 1510. The molecule has 6 rings (SSSR count). The second kappa shape index (κ2) is 12.3. The summed E-state index contributed by atoms with van der Waals surface area (Å²) in [6.07, 6.45) is 4.42. The highest BCUT2D eigenvalue weighted by Crippen LogP contribution is 2.50. The van der Waals surface area contributed by atoms with Gasteiger partial charge in [0.15, 0.2) is 23.1 Å². The molecule has 216 valence electrons. The van der Waals surface area contributed by atoms with Crippen LogP contribution < -0.4 is 14.2 Å². The van der Waals surface area contributed by atoms with E-state index in [4.69, 9.17) is 14.2 Å². The van der Waals surface area contributed by atoms with Gasteiger partial charge in [0.1, 0.15) is 19.0 Å². The van der Waals surface area contributed by atoms with E-state index in [0.717, 1.165) is 64.9 Å². The van der Waals surface area contributed by atoms with E-state index in [9.17, 15) is 9.59 Å². The lowest BCUT2D eigenvalue weighted by Gasteiger charge is -2.42. The Kier molecular flexibility index (Phi) is 8.13. The molecule has 3 aliphatic rings. The molecular weight excluding hydrogens is 526 g/mol. The highest BCUT2D eigenvalue weighted by molar-refractivity contribution is 6.06. The lowest BCUT2D eigenvalue weighted by Crippen LogP contribution is -2.37. The Morgan fingerprint density at radius 2 is 1.29 bits per heavy atom. The largest absolute Gasteiger partial charge is 0.490 e. The third-order valence-corrected chi connectivity index (χ3v) is 8.41. The van der Waals surface area contributed by atoms with Crippen LogP contribution in [0.3, 0.4) is 0 Å². The molecule has 2 aliphatic carbocycles. The summed E-state index contributed by atoms with van der Waals surface area (Å²) in [6, 6.07) is 23.8. The molecule has 1 aliphatic heterocycles. The van der Waals surface area contributed by atoms with Crippen LogP contribution in [0.15, 0.2) is 95.3 Å². The molecule has 42 heavy (non-hydrogen) atoms. The summed E-state index contributed by atoms with van der Waals surface area (Å²) in [5, 5.41) is 0. The van der Waals surface area contributed by atoms with Gasteiger partial charge in [-0.3, -0.25) is 9.59 Å². The third kappa shape index (κ3) is 5.46. The Labute approximate surface area is 247 Å². The molecule has 0 atom stereocenters. The van der Waals surface area contributed by atoms with E-state index >= 15 is 0 Å². The van der Waals surface area contributed by atoms with Crippen molar-refractivity contribution in [1.29, 1.82) is 0 Å². The fourth-order valence-corrected chi connectivity index (χ4v) is 6.44. The minimum absolute atomic E-state index is 0.139. The number of Topliss-reactive ketones (excluding diaryl/α,β-unsaturated/α-hetero) is 2. The average Bonchev–Trinajstić information content (AvgIpc) is 3.01. The summed E-state index contributed by atoms with van der Waals surface area (Å²) < 4.78 is 18.5. The first kappa shape index (κ1) is 27.8. The molecule has 3 aromatic rings. The van der Waals surface area contributed by atoms with E-state index in [1.807, 2.05) is 86.8 Å². The quantitative estimate of drug-likeness (QED) is 0.273. The summed E-state index contributed by atoms with van der Waals surface area (Å²) in [5.41, 5.74) is 6.57. The molecule has 1 heterocycles. The van der Waals surface area contributed by atoms with Gasteiger partial charge in [0.05, 0.1) is 6.61 Å². The van der Waals surface area contributed by atoms with Gasteiger partial charge in [0.2, 0.25) is 0 Å².